The second-order valence-electron chi connectivity index (χ2n) is 17.5. The summed E-state index contributed by atoms with van der Waals surface area (Å²) in [6.07, 6.45) is 4.77. The quantitative estimate of drug-likeness (QED) is 0.170. The molecular formula is C41H46F4N8O3. The third-order valence-electron chi connectivity index (χ3n) is 13.0. The van der Waals surface area contributed by atoms with Crippen molar-refractivity contribution in [2.45, 2.75) is 127 Å². The Bertz CT molecular complexity index is 2300. The largest absolute Gasteiger partial charge is 0.376 e. The zero-order valence-electron chi connectivity index (χ0n) is 32.4. The molecule has 296 valence electrons. The Morgan fingerprint density at radius 1 is 1.04 bits per heavy atom. The van der Waals surface area contributed by atoms with Gasteiger partial charge in [-0.15, -0.1) is 0 Å². The summed E-state index contributed by atoms with van der Waals surface area (Å²) in [6.45, 7) is 12.9. The maximum Gasteiger partial charge on any atom is 0.261 e. The number of carbonyl (C=O) groups excluding carboxylic acids is 2. The molecule has 2 saturated heterocycles. The van der Waals surface area contributed by atoms with Crippen LogP contribution >= 0.6 is 0 Å². The van der Waals surface area contributed by atoms with Crippen molar-refractivity contribution >= 4 is 40.0 Å². The first-order valence-electron chi connectivity index (χ1n) is 19.5. The van der Waals surface area contributed by atoms with Gasteiger partial charge in [0.05, 0.1) is 52.7 Å². The van der Waals surface area contributed by atoms with E-state index in [1.165, 1.54) is 6.92 Å². The fourth-order valence-corrected chi connectivity index (χ4v) is 9.47. The number of hydrogen-bond donors (Lipinski definition) is 2. The number of carbonyl (C=O) groups is 2. The summed E-state index contributed by atoms with van der Waals surface area (Å²) in [7, 11) is 0. The van der Waals surface area contributed by atoms with Gasteiger partial charge in [-0.25, -0.2) is 27.5 Å². The number of anilines is 3. The van der Waals surface area contributed by atoms with Crippen LogP contribution in [0.4, 0.5) is 34.8 Å². The normalized spacial score (nSPS) is 26.2. The highest BCUT2D eigenvalue weighted by atomic mass is 19.3. The van der Waals surface area contributed by atoms with E-state index in [1.807, 2.05) is 43.2 Å². The van der Waals surface area contributed by atoms with E-state index in [-0.39, 0.29) is 53.3 Å². The van der Waals surface area contributed by atoms with Gasteiger partial charge in [-0.1, -0.05) is 0 Å². The van der Waals surface area contributed by atoms with Crippen LogP contribution in [0.1, 0.15) is 101 Å². The first kappa shape index (κ1) is 37.0. The highest BCUT2D eigenvalue weighted by Gasteiger charge is 2.57. The molecule has 3 aromatic heterocycles. The predicted octanol–water partition coefficient (Wildman–Crippen LogP) is 7.34. The maximum absolute atomic E-state index is 15.7. The molecule has 0 radical (unpaired) electrons. The molecule has 9 rings (SSSR count). The standard InChI is InChI=1S/C41H46F4N8O3/c1-20(2)51-19-47-29-14-27(48-35(33(29)51)49-28-13-26(21(3)31(42)32(28)43)36(54)50-41(8-9-41)37(44)45)22-11-30-34(46-17-22)39(4,5)38(55)53(30)24-15-40(6,16-24)52-10-7-25-12-23(52)18-56-25/h11,13-14,17,19-20,23-25,37H,7-10,12,15-16,18H2,1-6H3,(H,48,49)(H,50,54)/t23-,24-,25+,40+/m0/s1. The molecule has 56 heavy (non-hydrogen) atoms. The molecule has 3 aliphatic heterocycles. The predicted molar refractivity (Wildman–Crippen MR) is 202 cm³/mol. The molecule has 2 aliphatic carbocycles. The van der Waals surface area contributed by atoms with Crippen LogP contribution < -0.4 is 15.5 Å². The van der Waals surface area contributed by atoms with Crippen molar-refractivity contribution in [2.24, 2.45) is 0 Å². The van der Waals surface area contributed by atoms with Gasteiger partial charge < -0.3 is 24.8 Å². The summed E-state index contributed by atoms with van der Waals surface area (Å²) in [5.74, 6) is -3.33. The number of nitrogens with one attached hydrogen (secondary N) is 2. The molecule has 11 nitrogen and oxygen atoms in total. The molecule has 2 atom stereocenters. The fraction of sp³-hybridized carbons (Fsp3) is 0.537. The molecule has 2 amide bonds. The van der Waals surface area contributed by atoms with E-state index in [0.717, 1.165) is 50.6 Å². The van der Waals surface area contributed by atoms with Crippen molar-refractivity contribution < 1.29 is 31.9 Å². The molecule has 4 fully saturated rings. The zero-order chi connectivity index (χ0) is 39.6. The van der Waals surface area contributed by atoms with E-state index < -0.39 is 40.6 Å². The number of amides is 2. The van der Waals surface area contributed by atoms with E-state index in [1.54, 1.807) is 18.6 Å². The number of pyridine rings is 2. The number of aromatic nitrogens is 4. The molecule has 15 heteroatoms. The topological polar surface area (TPSA) is 118 Å². The van der Waals surface area contributed by atoms with Crippen LogP contribution in [0.25, 0.3) is 22.3 Å². The number of imidazole rings is 1. The zero-order valence-corrected chi connectivity index (χ0v) is 32.4. The lowest BCUT2D eigenvalue weighted by Crippen LogP contribution is -2.66. The average Bonchev–Trinajstić information content (AvgIpc) is 3.57. The van der Waals surface area contributed by atoms with Crippen LogP contribution in [0, 0.1) is 18.6 Å². The van der Waals surface area contributed by atoms with E-state index in [2.05, 4.69) is 27.4 Å². The number of ether oxygens (including phenoxy) is 1. The first-order chi connectivity index (χ1) is 26.5. The molecule has 0 spiro atoms. The van der Waals surface area contributed by atoms with Crippen molar-refractivity contribution in [3.8, 4) is 11.3 Å². The second-order valence-corrected chi connectivity index (χ2v) is 17.5. The third kappa shape index (κ3) is 5.62. The van der Waals surface area contributed by atoms with Gasteiger partial charge >= 0.3 is 0 Å². The van der Waals surface area contributed by atoms with Gasteiger partial charge in [0, 0.05) is 53.1 Å². The lowest BCUT2D eigenvalue weighted by Gasteiger charge is -2.57. The first-order valence-corrected chi connectivity index (χ1v) is 19.5. The summed E-state index contributed by atoms with van der Waals surface area (Å²) in [5, 5.41) is 5.27. The summed E-state index contributed by atoms with van der Waals surface area (Å²) in [6, 6.07) is 5.13. The number of piperidine rings is 1. The number of alkyl halides is 2. The highest BCUT2D eigenvalue weighted by molar-refractivity contribution is 6.08. The van der Waals surface area contributed by atoms with Crippen LogP contribution in [0.15, 0.2) is 30.7 Å². The monoisotopic (exact) mass is 774 g/mol. The van der Waals surface area contributed by atoms with Gasteiger partial charge in [0.15, 0.2) is 17.5 Å². The lowest BCUT2D eigenvalue weighted by atomic mass is 9.70. The Morgan fingerprint density at radius 3 is 2.48 bits per heavy atom. The molecular weight excluding hydrogens is 728 g/mol. The molecule has 5 aliphatic rings. The minimum Gasteiger partial charge on any atom is -0.376 e. The smallest absolute Gasteiger partial charge is 0.261 e. The van der Waals surface area contributed by atoms with Crippen molar-refractivity contribution in [3.63, 3.8) is 0 Å². The highest BCUT2D eigenvalue weighted by Crippen LogP contribution is 2.51. The fourth-order valence-electron chi connectivity index (χ4n) is 9.47. The number of rotatable bonds is 9. The number of hydrogen-bond acceptors (Lipinski definition) is 8. The maximum atomic E-state index is 15.7. The van der Waals surface area contributed by atoms with Crippen LogP contribution in [0.2, 0.25) is 0 Å². The number of benzene rings is 1. The second kappa shape index (κ2) is 12.7. The summed E-state index contributed by atoms with van der Waals surface area (Å²) in [5.41, 5.74) is -0.108. The van der Waals surface area contributed by atoms with Gasteiger partial charge in [-0.3, -0.25) is 19.5 Å². The van der Waals surface area contributed by atoms with E-state index in [9.17, 15) is 18.4 Å². The number of halogens is 4. The molecule has 1 aromatic carbocycles. The van der Waals surface area contributed by atoms with Gasteiger partial charge in [-0.05, 0) is 98.3 Å². The Labute approximate surface area is 322 Å². The van der Waals surface area contributed by atoms with E-state index in [0.29, 0.717) is 40.1 Å². The Kier molecular flexibility index (Phi) is 8.38. The molecule has 6 heterocycles. The van der Waals surface area contributed by atoms with E-state index in [4.69, 9.17) is 14.7 Å². The minimum atomic E-state index is -2.80. The number of likely N-dealkylation sites (tertiary alicyclic amines) is 1. The van der Waals surface area contributed by atoms with Crippen molar-refractivity contribution in [3.05, 3.63) is 59.2 Å². The Balaban J connectivity index is 1.07. The van der Waals surface area contributed by atoms with Gasteiger partial charge in [-0.2, -0.15) is 0 Å². The van der Waals surface area contributed by atoms with Crippen LogP contribution in [0.5, 0.6) is 0 Å². The van der Waals surface area contributed by atoms with Crippen molar-refractivity contribution in [1.29, 1.82) is 0 Å². The SMILES string of the molecule is Cc1c(C(=O)NC2(C(F)F)CC2)cc(Nc2nc(-c3cnc4c(c3)N([C@H]3C[C@@](C)(N5CC[C@@H]6C[C@H]5CO6)C3)C(=O)C4(C)C)cc3ncn(C(C)C)c23)c(F)c1F. The molecule has 4 aromatic rings. The molecule has 2 N–H and O–H groups in total. The minimum absolute atomic E-state index is 0.00794. The lowest BCUT2D eigenvalue weighted by molar-refractivity contribution is -0.124. The summed E-state index contributed by atoms with van der Waals surface area (Å²) in [4.78, 5) is 46.2. The Morgan fingerprint density at radius 2 is 1.79 bits per heavy atom. The number of fused-ring (bicyclic) bond motifs is 4. The third-order valence-corrected chi connectivity index (χ3v) is 13.0. The van der Waals surface area contributed by atoms with Gasteiger partial charge in [0.25, 0.3) is 12.3 Å². The van der Waals surface area contributed by atoms with Crippen LogP contribution in [-0.2, 0) is 14.9 Å². The van der Waals surface area contributed by atoms with Crippen LogP contribution in [0.3, 0.4) is 0 Å². The summed E-state index contributed by atoms with van der Waals surface area (Å²) < 4.78 is 66.4. The Hall–Kier alpha value is -4.63. The van der Waals surface area contributed by atoms with Crippen molar-refractivity contribution in [1.82, 2.24) is 29.7 Å². The molecule has 0 unspecified atom stereocenters. The van der Waals surface area contributed by atoms with E-state index >= 15 is 8.78 Å². The summed E-state index contributed by atoms with van der Waals surface area (Å²) >= 11 is 0. The van der Waals surface area contributed by atoms with Crippen molar-refractivity contribution in [2.75, 3.05) is 23.4 Å². The molecule has 2 bridgehead atoms. The van der Waals surface area contributed by atoms with Crippen LogP contribution in [-0.4, -0.2) is 85.1 Å². The van der Waals surface area contributed by atoms with Gasteiger partial charge in [0.1, 0.15) is 11.1 Å². The number of nitrogens with zero attached hydrogens (tertiary/aromatic N) is 6. The molecule has 2 saturated carbocycles. The van der Waals surface area contributed by atoms with Gasteiger partial charge in [0.2, 0.25) is 5.91 Å². The average molecular weight is 775 g/mol.